The average molecular weight is 334 g/mol. The lowest BCUT2D eigenvalue weighted by Crippen LogP contribution is -2.46. The number of ether oxygens (including phenoxy) is 2. The van der Waals surface area contributed by atoms with Crippen LogP contribution in [-0.4, -0.2) is 70.7 Å². The van der Waals surface area contributed by atoms with Gasteiger partial charge in [-0.1, -0.05) is 0 Å². The minimum atomic E-state index is -0.406. The Bertz CT molecular complexity index is 608. The quantitative estimate of drug-likeness (QED) is 0.814. The summed E-state index contributed by atoms with van der Waals surface area (Å²) in [6.45, 7) is 5.92. The molecule has 0 bridgehead atoms. The van der Waals surface area contributed by atoms with Gasteiger partial charge in [-0.2, -0.15) is 4.98 Å². The molecule has 0 saturated carbocycles. The maximum absolute atomic E-state index is 12.3. The second-order valence-corrected chi connectivity index (χ2v) is 6.13. The fourth-order valence-electron chi connectivity index (χ4n) is 2.97. The molecule has 1 aromatic heterocycles. The smallest absolute Gasteiger partial charge is 0.410 e. The number of likely N-dealkylation sites (tertiary alicyclic amines) is 1. The van der Waals surface area contributed by atoms with Crippen molar-refractivity contribution in [3.05, 3.63) is 17.6 Å². The van der Waals surface area contributed by atoms with Crippen molar-refractivity contribution in [3.8, 4) is 5.88 Å². The molecule has 2 amide bonds. The molecule has 0 spiro atoms. The lowest BCUT2D eigenvalue weighted by atomic mass is 10.1. The number of rotatable bonds is 4. The van der Waals surface area contributed by atoms with E-state index in [1.165, 1.54) is 4.90 Å². The van der Waals surface area contributed by atoms with Crippen LogP contribution in [-0.2, 0) is 9.53 Å². The van der Waals surface area contributed by atoms with Crippen LogP contribution in [0.5, 0.6) is 5.88 Å². The van der Waals surface area contributed by atoms with E-state index in [9.17, 15) is 9.59 Å². The molecular formula is C16H22N4O4. The normalized spacial score (nSPS) is 18.7. The highest BCUT2D eigenvalue weighted by molar-refractivity contribution is 5.83. The highest BCUT2D eigenvalue weighted by Gasteiger charge is 2.29. The number of cyclic esters (lactones) is 1. The molecule has 2 fully saturated rings. The van der Waals surface area contributed by atoms with E-state index in [2.05, 4.69) is 9.97 Å². The van der Waals surface area contributed by atoms with Gasteiger partial charge in [0.05, 0.1) is 6.54 Å². The highest BCUT2D eigenvalue weighted by Crippen LogP contribution is 2.18. The summed E-state index contributed by atoms with van der Waals surface area (Å²) in [4.78, 5) is 35.4. The molecule has 8 heteroatoms. The Labute approximate surface area is 140 Å². The van der Waals surface area contributed by atoms with E-state index in [0.29, 0.717) is 37.9 Å². The number of hydrogen-bond acceptors (Lipinski definition) is 6. The second kappa shape index (κ2) is 7.02. The van der Waals surface area contributed by atoms with Crippen molar-refractivity contribution >= 4 is 12.0 Å². The summed E-state index contributed by atoms with van der Waals surface area (Å²) >= 11 is 0. The van der Waals surface area contributed by atoms with Crippen molar-refractivity contribution < 1.29 is 19.1 Å². The number of carbonyl (C=O) groups is 2. The summed E-state index contributed by atoms with van der Waals surface area (Å²) in [6, 6.07) is 1.82. The van der Waals surface area contributed by atoms with Crippen LogP contribution in [0.15, 0.2) is 6.07 Å². The van der Waals surface area contributed by atoms with Gasteiger partial charge < -0.3 is 14.4 Å². The Hall–Kier alpha value is -2.38. The molecule has 2 saturated heterocycles. The fraction of sp³-hybridized carbons (Fsp3) is 0.625. The Morgan fingerprint density at radius 1 is 1.29 bits per heavy atom. The van der Waals surface area contributed by atoms with Crippen LogP contribution >= 0.6 is 0 Å². The van der Waals surface area contributed by atoms with Crippen molar-refractivity contribution in [2.75, 3.05) is 32.8 Å². The van der Waals surface area contributed by atoms with Crippen LogP contribution in [0.3, 0.4) is 0 Å². The molecule has 0 N–H and O–H groups in total. The van der Waals surface area contributed by atoms with Crippen molar-refractivity contribution in [1.29, 1.82) is 0 Å². The minimum absolute atomic E-state index is 0.0407. The molecule has 24 heavy (non-hydrogen) atoms. The maximum atomic E-state index is 12.3. The van der Waals surface area contributed by atoms with E-state index in [1.54, 1.807) is 4.90 Å². The van der Waals surface area contributed by atoms with Gasteiger partial charge in [0.25, 0.3) is 0 Å². The number of nitrogens with zero attached hydrogens (tertiary/aromatic N) is 4. The van der Waals surface area contributed by atoms with E-state index in [0.717, 1.165) is 18.5 Å². The lowest BCUT2D eigenvalue weighted by Gasteiger charge is -2.32. The predicted molar refractivity (Wildman–Crippen MR) is 84.7 cm³/mol. The topological polar surface area (TPSA) is 84.9 Å². The van der Waals surface area contributed by atoms with E-state index < -0.39 is 6.09 Å². The third-order valence-electron chi connectivity index (χ3n) is 4.20. The molecule has 2 aliphatic rings. The number of amides is 2. The Morgan fingerprint density at radius 3 is 2.67 bits per heavy atom. The number of piperidine rings is 1. The predicted octanol–water partition coefficient (Wildman–Crippen LogP) is 0.915. The van der Waals surface area contributed by atoms with Crippen LogP contribution in [0.2, 0.25) is 0 Å². The number of hydrogen-bond donors (Lipinski definition) is 0. The molecule has 8 nitrogen and oxygen atoms in total. The van der Waals surface area contributed by atoms with Gasteiger partial charge in [-0.05, 0) is 13.8 Å². The first-order chi connectivity index (χ1) is 11.5. The Morgan fingerprint density at radius 2 is 2.04 bits per heavy atom. The van der Waals surface area contributed by atoms with Gasteiger partial charge >= 0.3 is 6.09 Å². The molecule has 0 radical (unpaired) electrons. The molecule has 3 rings (SSSR count). The van der Waals surface area contributed by atoms with Crippen molar-refractivity contribution in [2.45, 2.75) is 32.8 Å². The Balaban J connectivity index is 1.48. The van der Waals surface area contributed by atoms with Crippen molar-refractivity contribution in [1.82, 2.24) is 19.8 Å². The van der Waals surface area contributed by atoms with E-state index in [-0.39, 0.29) is 18.6 Å². The van der Waals surface area contributed by atoms with Crippen molar-refractivity contribution in [3.63, 3.8) is 0 Å². The fourth-order valence-corrected chi connectivity index (χ4v) is 2.97. The third-order valence-corrected chi connectivity index (χ3v) is 4.20. The summed E-state index contributed by atoms with van der Waals surface area (Å²) in [5.74, 6) is 1.24. The molecule has 1 aromatic rings. The summed E-state index contributed by atoms with van der Waals surface area (Å²) in [5.41, 5.74) is 0.877. The zero-order valence-corrected chi connectivity index (χ0v) is 14.0. The van der Waals surface area contributed by atoms with Gasteiger partial charge in [-0.3, -0.25) is 9.69 Å². The molecular weight excluding hydrogens is 312 g/mol. The van der Waals surface area contributed by atoms with Gasteiger partial charge in [-0.15, -0.1) is 0 Å². The van der Waals surface area contributed by atoms with Crippen LogP contribution in [0, 0.1) is 13.8 Å². The minimum Gasteiger partial charge on any atom is -0.474 e. The van der Waals surface area contributed by atoms with E-state index in [1.807, 2.05) is 19.9 Å². The number of aryl methyl sites for hydroxylation is 2. The van der Waals surface area contributed by atoms with E-state index >= 15 is 0 Å². The highest BCUT2D eigenvalue weighted by atomic mass is 16.6. The zero-order chi connectivity index (χ0) is 17.1. The zero-order valence-electron chi connectivity index (χ0n) is 14.0. The summed E-state index contributed by atoms with van der Waals surface area (Å²) in [7, 11) is 0. The molecule has 3 heterocycles. The molecule has 0 aromatic carbocycles. The van der Waals surface area contributed by atoms with Crippen molar-refractivity contribution in [2.24, 2.45) is 0 Å². The first kappa shape index (κ1) is 16.5. The first-order valence-corrected chi connectivity index (χ1v) is 8.19. The van der Waals surface area contributed by atoms with Gasteiger partial charge in [0.2, 0.25) is 11.8 Å². The van der Waals surface area contributed by atoms with Gasteiger partial charge in [0, 0.05) is 37.7 Å². The molecule has 130 valence electrons. The molecule has 0 unspecified atom stereocenters. The average Bonchev–Trinajstić information content (AvgIpc) is 2.92. The summed E-state index contributed by atoms with van der Waals surface area (Å²) < 4.78 is 10.8. The number of aromatic nitrogens is 2. The van der Waals surface area contributed by atoms with Crippen LogP contribution in [0.4, 0.5) is 4.79 Å². The Kier molecular flexibility index (Phi) is 4.82. The third kappa shape index (κ3) is 3.93. The molecule has 0 aliphatic carbocycles. The SMILES string of the molecule is Cc1cc(OC2CCN(C(=O)CN3CCOC3=O)CC2)nc(C)n1. The maximum Gasteiger partial charge on any atom is 0.410 e. The largest absolute Gasteiger partial charge is 0.474 e. The van der Waals surface area contributed by atoms with Gasteiger partial charge in [0.15, 0.2) is 0 Å². The van der Waals surface area contributed by atoms with Crippen LogP contribution in [0.1, 0.15) is 24.4 Å². The van der Waals surface area contributed by atoms with E-state index in [4.69, 9.17) is 9.47 Å². The standard InChI is InChI=1S/C16H22N4O4/c1-11-9-14(18-12(2)17-11)24-13-3-5-19(6-4-13)15(21)10-20-7-8-23-16(20)22/h9,13H,3-8,10H2,1-2H3. The van der Waals surface area contributed by atoms with Crippen LogP contribution < -0.4 is 4.74 Å². The number of carbonyl (C=O) groups excluding carboxylic acids is 2. The first-order valence-electron chi connectivity index (χ1n) is 8.19. The van der Waals surface area contributed by atoms with Gasteiger partial charge in [-0.25, -0.2) is 9.78 Å². The summed E-state index contributed by atoms with van der Waals surface area (Å²) in [6.07, 6.45) is 1.13. The molecule has 2 aliphatic heterocycles. The van der Waals surface area contributed by atoms with Gasteiger partial charge in [0.1, 0.15) is 25.1 Å². The monoisotopic (exact) mass is 334 g/mol. The summed E-state index contributed by atoms with van der Waals surface area (Å²) in [5, 5.41) is 0. The lowest BCUT2D eigenvalue weighted by molar-refractivity contribution is -0.133. The van der Waals surface area contributed by atoms with Crippen LogP contribution in [0.25, 0.3) is 0 Å². The second-order valence-electron chi connectivity index (χ2n) is 6.13. The molecule has 0 atom stereocenters.